The van der Waals surface area contributed by atoms with Gasteiger partial charge in [-0.05, 0) is 174 Å². The molecule has 0 radical (unpaired) electrons. The number of carbonyl (C=O) groups excluding carboxylic acids is 11. The third-order valence-corrected chi connectivity index (χ3v) is 24.3. The van der Waals surface area contributed by atoms with Gasteiger partial charge >= 0.3 is 6.09 Å². The Bertz CT molecular complexity index is 6020. The molecule has 2 aromatic heterocycles. The molecule has 1 amide bonds. The fraction of sp³-hybridized carbons (Fsp3) is 0.383. The molecule has 776 valence electrons. The number of nitrogens with zero attached hydrogens (tertiary/aromatic N) is 2. The van der Waals surface area contributed by atoms with Crippen molar-refractivity contribution in [3.8, 4) is 0 Å². The number of aromatic nitrogens is 2. The summed E-state index contributed by atoms with van der Waals surface area (Å²) in [4.78, 5) is 132. The van der Waals surface area contributed by atoms with Gasteiger partial charge in [-0.25, -0.2) is 4.79 Å². The van der Waals surface area contributed by atoms with Crippen molar-refractivity contribution in [2.24, 2.45) is 69.4 Å². The zero-order valence-electron chi connectivity index (χ0n) is 91.9. The number of ketones is 10. The topological polar surface area (TPSA) is 277 Å². The van der Waals surface area contributed by atoms with Crippen LogP contribution in [-0.4, -0.2) is 92.9 Å². The van der Waals surface area contributed by atoms with Gasteiger partial charge < -0.3 is 20.0 Å². The minimum atomic E-state index is -0.504. The quantitative estimate of drug-likeness (QED) is 0.0306. The molecule has 14 rings (SSSR count). The van der Waals surface area contributed by atoms with Crippen molar-refractivity contribution in [2.75, 3.05) is 17.7 Å². The molecule has 18 nitrogen and oxygen atoms in total. The first-order valence-electron chi connectivity index (χ1n) is 51.3. The van der Waals surface area contributed by atoms with E-state index in [1.54, 1.807) is 18.3 Å². The van der Waals surface area contributed by atoms with E-state index in [1.165, 1.54) is 51.3 Å². The SMILES string of the molecule is C=C1Cc2cc(CC(=O)C(C)C)ccc2N1.CC(C)C(=O)Cc1ccc(C2=NN=CC2)cc1.CC(C)C(=O)Cc1ccc2[nH]ccc2c1.COC(=O)Nc1ccc(CC(=O)C(C)C)cc1.Cc1cc2cc(CC(=O)C(C)C)ccc2[nH]1.Cc1ccc(CC(=O)C(C)C)cc1.Cc1ccc(CC(=O)C(C)C)cc1.Cc1ccc(CC(=O)C(C)C)cc1.Cc1ccc(CC(=O)C(C)C)cc1.Cc1cccc(CC(=O)C(C)C)c1. The maximum absolute atomic E-state index is 11.6. The molecule has 10 aromatic carbocycles. The highest BCUT2D eigenvalue weighted by atomic mass is 16.5. The molecule has 4 heterocycles. The summed E-state index contributed by atoms with van der Waals surface area (Å²) in [6.45, 7) is 54.9. The van der Waals surface area contributed by atoms with Gasteiger partial charge in [-0.1, -0.05) is 355 Å². The minimum absolute atomic E-state index is 0.0443. The molecule has 18 heteroatoms. The van der Waals surface area contributed by atoms with E-state index in [0.717, 1.165) is 108 Å². The van der Waals surface area contributed by atoms with Crippen molar-refractivity contribution in [1.82, 2.24) is 9.97 Å². The van der Waals surface area contributed by atoms with Crippen LogP contribution < -0.4 is 10.6 Å². The van der Waals surface area contributed by atoms with Crippen LogP contribution in [0.3, 0.4) is 0 Å². The summed E-state index contributed by atoms with van der Waals surface area (Å²) in [5.41, 5.74) is 26.6. The molecule has 4 N–H and O–H groups in total. The van der Waals surface area contributed by atoms with Crippen molar-refractivity contribution in [3.05, 3.63) is 355 Å². The average molecular weight is 1980 g/mol. The average Bonchev–Trinajstić information content (AvgIpc) is 1.69. The summed E-state index contributed by atoms with van der Waals surface area (Å²) in [6, 6.07) is 78.4. The second kappa shape index (κ2) is 63.4. The van der Waals surface area contributed by atoms with Crippen LogP contribution in [0.2, 0.25) is 0 Å². The molecule has 12 aromatic rings. The number of ether oxygens (including phenoxy) is 1. The number of hydrogen-bond acceptors (Lipinski definition) is 15. The maximum Gasteiger partial charge on any atom is 0.411 e. The summed E-state index contributed by atoms with van der Waals surface area (Å²) in [7, 11) is 1.31. The second-order valence-electron chi connectivity index (χ2n) is 41.1. The van der Waals surface area contributed by atoms with Gasteiger partial charge in [0.1, 0.15) is 57.8 Å². The van der Waals surface area contributed by atoms with Crippen molar-refractivity contribution < 1.29 is 57.5 Å². The Morgan fingerprint density at radius 3 is 0.952 bits per heavy atom. The molecule has 2 aliphatic heterocycles. The molecule has 0 spiro atoms. The molecular weight excluding hydrogens is 1810 g/mol. The molecular formula is C128H162N6O12. The zero-order chi connectivity index (χ0) is 109. The Labute approximate surface area is 870 Å². The van der Waals surface area contributed by atoms with E-state index in [9.17, 15) is 52.7 Å². The Morgan fingerprint density at radius 1 is 0.322 bits per heavy atom. The number of carbonyl (C=O) groups is 11. The molecule has 0 aliphatic carbocycles. The Balaban J connectivity index is 0.000000286. The summed E-state index contributed by atoms with van der Waals surface area (Å²) >= 11 is 0. The predicted molar refractivity (Wildman–Crippen MR) is 604 cm³/mol. The number of allylic oxidation sites excluding steroid dienone is 1. The van der Waals surface area contributed by atoms with E-state index in [2.05, 4.69) is 72.5 Å². The minimum Gasteiger partial charge on any atom is -0.453 e. The second-order valence-corrected chi connectivity index (χ2v) is 41.1. The van der Waals surface area contributed by atoms with Crippen LogP contribution >= 0.6 is 0 Å². The third-order valence-electron chi connectivity index (χ3n) is 24.3. The standard InChI is InChI=1S/C14H16N2O.2C14H17NO.C13H17NO3.C13H15NO.5C12H16O/c1-10(2)14(17)9-11-3-5-12(6-4-11)13-7-8-15-16-13;2*1-9(2)14(16)8-11-4-5-13-12(7-11)6-10(3)15-13;1-9(2)12(15)8-10-4-6-11(7-5-10)14-13(16)17-3;1-9(2)13(15)8-10-3-4-12-11(7-10)5-6-14-12;4*1-9(2)12(13)8-11-6-4-10(3)5-7-11;1-9(2)12(13)8-11-6-4-5-10(3)7-11/h3-6,8,10H,7,9H2,1-2H3;4-7,9,15H,8H2,1-3H3;4-5,7,9,15H,3,6,8H2,1-2H3;4-7,9H,8H2,1-3H3,(H,14,16);3-7,9,14H,8H2,1-2H3;5*4-7,9H,8H2,1-3H3. The molecule has 0 bridgehead atoms. The molecule has 0 saturated carbocycles. The monoisotopic (exact) mass is 1980 g/mol. The summed E-state index contributed by atoms with van der Waals surface area (Å²) in [5.74, 6) is 4.11. The van der Waals surface area contributed by atoms with Gasteiger partial charge in [0.05, 0.1) is 12.8 Å². The number of benzene rings is 10. The number of aromatic amines is 2. The Morgan fingerprint density at radius 2 is 0.623 bits per heavy atom. The van der Waals surface area contributed by atoms with Crippen molar-refractivity contribution in [3.63, 3.8) is 0 Å². The molecule has 146 heavy (non-hydrogen) atoms. The van der Waals surface area contributed by atoms with Crippen LogP contribution in [0.25, 0.3) is 21.8 Å². The largest absolute Gasteiger partial charge is 0.453 e. The molecule has 0 atom stereocenters. The highest BCUT2D eigenvalue weighted by Gasteiger charge is 2.20. The maximum atomic E-state index is 11.6. The van der Waals surface area contributed by atoms with Gasteiger partial charge in [0, 0.05) is 182 Å². The lowest BCUT2D eigenvalue weighted by Gasteiger charge is -2.06. The first-order chi connectivity index (χ1) is 68.9. The molecule has 0 unspecified atom stereocenters. The number of aryl methyl sites for hydroxylation is 6. The lowest BCUT2D eigenvalue weighted by Crippen LogP contribution is -2.12. The van der Waals surface area contributed by atoms with Gasteiger partial charge in [-0.2, -0.15) is 10.2 Å². The van der Waals surface area contributed by atoms with E-state index >= 15 is 0 Å². The normalized spacial score (nSPS) is 11.4. The number of Topliss-reactive ketones (excluding diaryl/α,β-unsaturated/α-hetero) is 10. The Kier molecular flexibility index (Phi) is 53.2. The number of anilines is 2. The van der Waals surface area contributed by atoms with E-state index in [-0.39, 0.29) is 70.7 Å². The van der Waals surface area contributed by atoms with Crippen LogP contribution in [0.1, 0.15) is 245 Å². The first-order valence-corrected chi connectivity index (χ1v) is 51.3. The van der Waals surface area contributed by atoms with Crippen LogP contribution in [0.5, 0.6) is 0 Å². The molecule has 0 fully saturated rings. The van der Waals surface area contributed by atoms with Gasteiger partial charge in [-0.3, -0.25) is 53.3 Å². The molecule has 2 aliphatic rings. The predicted octanol–water partition coefficient (Wildman–Crippen LogP) is 28.2. The number of methoxy groups -OCH3 is 1. The van der Waals surface area contributed by atoms with Crippen molar-refractivity contribution in [2.45, 2.75) is 257 Å². The van der Waals surface area contributed by atoms with Crippen LogP contribution in [0.15, 0.2) is 265 Å². The lowest BCUT2D eigenvalue weighted by molar-refractivity contribution is -0.122. The van der Waals surface area contributed by atoms with Crippen LogP contribution in [0, 0.1) is 101 Å². The zero-order valence-corrected chi connectivity index (χ0v) is 91.9. The van der Waals surface area contributed by atoms with Crippen LogP contribution in [-0.2, 0) is 123 Å². The van der Waals surface area contributed by atoms with Crippen LogP contribution in [0.4, 0.5) is 16.2 Å². The van der Waals surface area contributed by atoms with E-state index in [1.807, 2.05) is 380 Å². The van der Waals surface area contributed by atoms with Gasteiger partial charge in [0.25, 0.3) is 0 Å². The van der Waals surface area contributed by atoms with Gasteiger partial charge in [-0.15, -0.1) is 0 Å². The Hall–Kier alpha value is -13.9. The highest BCUT2D eigenvalue weighted by Crippen LogP contribution is 2.29. The smallest absolute Gasteiger partial charge is 0.411 e. The summed E-state index contributed by atoms with van der Waals surface area (Å²) in [6.07, 6.45) is 10.3. The number of rotatable bonds is 32. The highest BCUT2D eigenvalue weighted by molar-refractivity contribution is 6.09. The number of hydrogen-bond donors (Lipinski definition) is 4. The van der Waals surface area contributed by atoms with Gasteiger partial charge in [0.2, 0.25) is 0 Å². The summed E-state index contributed by atoms with van der Waals surface area (Å²) in [5, 5.41) is 16.0. The van der Waals surface area contributed by atoms with Crippen molar-refractivity contribution in [1.29, 1.82) is 0 Å². The number of amides is 1. The number of nitrogens with one attached hydrogen (secondary N) is 4. The summed E-state index contributed by atoms with van der Waals surface area (Å²) < 4.78 is 4.48. The van der Waals surface area contributed by atoms with E-state index in [0.29, 0.717) is 116 Å². The molecule has 0 saturated heterocycles. The number of H-pyrrole nitrogens is 2. The third kappa shape index (κ3) is 47.3. The number of fused-ring (bicyclic) bond motifs is 3. The fourth-order valence-electron chi connectivity index (χ4n) is 14.0. The van der Waals surface area contributed by atoms with E-state index < -0.39 is 6.09 Å². The first kappa shape index (κ1) is 123. The van der Waals surface area contributed by atoms with Gasteiger partial charge in [0.15, 0.2) is 0 Å². The fourth-order valence-corrected chi connectivity index (χ4v) is 14.0. The lowest BCUT2D eigenvalue weighted by atomic mass is 9.99. The van der Waals surface area contributed by atoms with E-state index in [4.69, 9.17) is 0 Å². The van der Waals surface area contributed by atoms with Crippen molar-refractivity contribution >= 4 is 109 Å².